The molecule has 150 valence electrons. The molecule has 1 aliphatic rings. The largest absolute Gasteiger partial charge is 0.366 e. The minimum Gasteiger partial charge on any atom is -0.366 e. The molecular formula is C22H19N5O2S. The van der Waals surface area contributed by atoms with Crippen molar-refractivity contribution in [3.05, 3.63) is 77.7 Å². The number of amides is 2. The van der Waals surface area contributed by atoms with E-state index in [1.165, 1.54) is 11.8 Å². The van der Waals surface area contributed by atoms with Crippen LogP contribution in [0, 0.1) is 0 Å². The number of benzene rings is 2. The van der Waals surface area contributed by atoms with Gasteiger partial charge >= 0.3 is 0 Å². The maximum Gasteiger partial charge on any atom is 0.248 e. The minimum atomic E-state index is -0.521. The van der Waals surface area contributed by atoms with E-state index < -0.39 is 11.2 Å². The number of primary amides is 1. The fourth-order valence-corrected chi connectivity index (χ4v) is 5.04. The van der Waals surface area contributed by atoms with Crippen LogP contribution >= 0.6 is 11.8 Å². The van der Waals surface area contributed by atoms with Crippen LogP contribution in [0.2, 0.25) is 0 Å². The third kappa shape index (κ3) is 3.05. The van der Waals surface area contributed by atoms with Crippen molar-refractivity contribution in [2.45, 2.75) is 16.7 Å². The fourth-order valence-electron chi connectivity index (χ4n) is 3.80. The Bertz CT molecular complexity index is 1290. The lowest BCUT2D eigenvalue weighted by atomic mass is 10.1. The summed E-state index contributed by atoms with van der Waals surface area (Å²) >= 11 is 1.49. The number of nitrogens with two attached hydrogens (primary N) is 1. The van der Waals surface area contributed by atoms with Crippen LogP contribution in [0.15, 0.2) is 65.8 Å². The number of carbonyl (C=O) groups excluding carboxylic acids is 2. The Morgan fingerprint density at radius 1 is 1.23 bits per heavy atom. The SMILES string of the molecule is Cn1ccc(CN2C(=O)C(c3c[nH]c4ccccc34)Sc3ccc(C(N)=O)cc32)n1. The zero-order valence-corrected chi connectivity index (χ0v) is 17.0. The number of aromatic nitrogens is 3. The molecule has 0 fully saturated rings. The van der Waals surface area contributed by atoms with E-state index in [0.717, 1.165) is 27.1 Å². The summed E-state index contributed by atoms with van der Waals surface area (Å²) in [4.78, 5) is 31.3. The zero-order chi connectivity index (χ0) is 20.8. The van der Waals surface area contributed by atoms with Crippen LogP contribution < -0.4 is 10.6 Å². The van der Waals surface area contributed by atoms with Crippen molar-refractivity contribution in [1.29, 1.82) is 0 Å². The molecule has 30 heavy (non-hydrogen) atoms. The lowest BCUT2D eigenvalue weighted by Crippen LogP contribution is -2.37. The topological polar surface area (TPSA) is 97.0 Å². The number of aromatic amines is 1. The Labute approximate surface area is 176 Å². The zero-order valence-electron chi connectivity index (χ0n) is 16.2. The molecule has 1 atom stereocenters. The summed E-state index contributed by atoms with van der Waals surface area (Å²) in [5.74, 6) is -0.573. The van der Waals surface area contributed by atoms with Crippen LogP contribution in [0.1, 0.15) is 26.9 Å². The molecule has 0 aliphatic carbocycles. The van der Waals surface area contributed by atoms with Crippen molar-refractivity contribution in [2.24, 2.45) is 12.8 Å². The van der Waals surface area contributed by atoms with Gasteiger partial charge in [-0.15, -0.1) is 11.8 Å². The van der Waals surface area contributed by atoms with Gasteiger partial charge in [0.05, 0.1) is 17.9 Å². The first kappa shape index (κ1) is 18.5. The van der Waals surface area contributed by atoms with E-state index in [2.05, 4.69) is 10.1 Å². The van der Waals surface area contributed by atoms with E-state index in [-0.39, 0.29) is 5.91 Å². The molecule has 2 amide bonds. The minimum absolute atomic E-state index is 0.0514. The predicted octanol–water partition coefficient (Wildman–Crippen LogP) is 3.38. The van der Waals surface area contributed by atoms with Crippen molar-refractivity contribution in [3.63, 3.8) is 0 Å². The molecule has 3 heterocycles. The van der Waals surface area contributed by atoms with Crippen LogP contribution in [0.3, 0.4) is 0 Å². The number of nitrogens with zero attached hydrogens (tertiary/aromatic N) is 3. The lowest BCUT2D eigenvalue weighted by molar-refractivity contribution is -0.118. The summed E-state index contributed by atoms with van der Waals surface area (Å²) in [6.45, 7) is 0.314. The van der Waals surface area contributed by atoms with Crippen molar-refractivity contribution in [3.8, 4) is 0 Å². The van der Waals surface area contributed by atoms with E-state index in [1.54, 1.807) is 21.7 Å². The number of nitrogens with one attached hydrogen (secondary N) is 1. The number of carbonyl (C=O) groups is 2. The second-order valence-corrected chi connectivity index (χ2v) is 8.39. The first-order valence-electron chi connectivity index (χ1n) is 9.47. The molecule has 7 nitrogen and oxygen atoms in total. The molecule has 2 aromatic carbocycles. The van der Waals surface area contributed by atoms with Gasteiger partial charge in [-0.05, 0) is 30.3 Å². The molecule has 2 aromatic heterocycles. The van der Waals surface area contributed by atoms with E-state index in [1.807, 2.05) is 55.8 Å². The first-order valence-corrected chi connectivity index (χ1v) is 10.4. The van der Waals surface area contributed by atoms with Gasteiger partial charge in [0.2, 0.25) is 11.8 Å². The number of para-hydroxylation sites is 1. The van der Waals surface area contributed by atoms with E-state index in [9.17, 15) is 9.59 Å². The Kier molecular flexibility index (Phi) is 4.36. The van der Waals surface area contributed by atoms with Gasteiger partial charge in [0.25, 0.3) is 0 Å². The maximum absolute atomic E-state index is 13.7. The van der Waals surface area contributed by atoms with Gasteiger partial charge in [0, 0.05) is 46.4 Å². The lowest BCUT2D eigenvalue weighted by Gasteiger charge is -2.33. The van der Waals surface area contributed by atoms with Gasteiger partial charge in [-0.1, -0.05) is 18.2 Å². The standard InChI is InChI=1S/C22H19N5O2S/c1-26-9-8-14(25-26)12-27-18-10-13(21(23)28)6-7-19(18)30-20(22(27)29)16-11-24-17-5-3-2-4-15(16)17/h2-11,20,24H,12H2,1H3,(H2,23,28). The van der Waals surface area contributed by atoms with Crippen LogP contribution in [0.4, 0.5) is 5.69 Å². The molecule has 0 saturated carbocycles. The molecule has 0 radical (unpaired) electrons. The third-order valence-corrected chi connectivity index (χ3v) is 6.55. The molecule has 1 unspecified atom stereocenters. The van der Waals surface area contributed by atoms with Crippen molar-refractivity contribution < 1.29 is 9.59 Å². The summed E-state index contributed by atoms with van der Waals surface area (Å²) in [5.41, 5.74) is 9.24. The Hall–Kier alpha value is -3.52. The number of aryl methyl sites for hydroxylation is 1. The molecule has 1 aliphatic heterocycles. The van der Waals surface area contributed by atoms with E-state index in [4.69, 9.17) is 5.73 Å². The average Bonchev–Trinajstić information content (AvgIpc) is 3.35. The number of fused-ring (bicyclic) bond motifs is 2. The van der Waals surface area contributed by atoms with Crippen LogP contribution in [0.25, 0.3) is 10.9 Å². The monoisotopic (exact) mass is 417 g/mol. The van der Waals surface area contributed by atoms with Crippen LogP contribution in [-0.4, -0.2) is 26.6 Å². The number of thioether (sulfide) groups is 1. The van der Waals surface area contributed by atoms with Gasteiger partial charge in [0.15, 0.2) is 0 Å². The highest BCUT2D eigenvalue weighted by atomic mass is 32.2. The molecule has 0 spiro atoms. The van der Waals surface area contributed by atoms with Crippen molar-refractivity contribution in [2.75, 3.05) is 4.90 Å². The number of H-pyrrole nitrogens is 1. The molecule has 0 saturated heterocycles. The van der Waals surface area contributed by atoms with Crippen LogP contribution in [0.5, 0.6) is 0 Å². The average molecular weight is 417 g/mol. The third-order valence-electron chi connectivity index (χ3n) is 5.26. The summed E-state index contributed by atoms with van der Waals surface area (Å²) in [5, 5.41) is 5.05. The Morgan fingerprint density at radius 3 is 2.83 bits per heavy atom. The highest BCUT2D eigenvalue weighted by Crippen LogP contribution is 2.48. The second-order valence-electron chi connectivity index (χ2n) is 7.24. The van der Waals surface area contributed by atoms with Gasteiger partial charge in [-0.25, -0.2) is 0 Å². The number of rotatable bonds is 4. The predicted molar refractivity (Wildman–Crippen MR) is 116 cm³/mol. The van der Waals surface area contributed by atoms with Gasteiger partial charge in [0.1, 0.15) is 5.25 Å². The first-order chi connectivity index (χ1) is 14.5. The highest BCUT2D eigenvalue weighted by molar-refractivity contribution is 8.00. The van der Waals surface area contributed by atoms with Crippen molar-refractivity contribution >= 4 is 40.2 Å². The van der Waals surface area contributed by atoms with E-state index >= 15 is 0 Å². The molecule has 5 rings (SSSR count). The van der Waals surface area contributed by atoms with Gasteiger partial charge in [-0.3, -0.25) is 14.3 Å². The molecule has 3 N–H and O–H groups in total. The van der Waals surface area contributed by atoms with Crippen molar-refractivity contribution in [1.82, 2.24) is 14.8 Å². The summed E-state index contributed by atoms with van der Waals surface area (Å²) in [7, 11) is 1.84. The molecular weight excluding hydrogens is 398 g/mol. The maximum atomic E-state index is 13.7. The number of hydrogen-bond acceptors (Lipinski definition) is 4. The Morgan fingerprint density at radius 2 is 2.07 bits per heavy atom. The number of anilines is 1. The normalized spacial score (nSPS) is 16.1. The smallest absolute Gasteiger partial charge is 0.248 e. The fraction of sp³-hybridized carbons (Fsp3) is 0.136. The summed E-state index contributed by atoms with van der Waals surface area (Å²) in [6.07, 6.45) is 3.75. The van der Waals surface area contributed by atoms with Gasteiger partial charge < -0.3 is 15.6 Å². The summed E-state index contributed by atoms with van der Waals surface area (Å²) in [6, 6.07) is 15.1. The summed E-state index contributed by atoms with van der Waals surface area (Å²) < 4.78 is 1.70. The molecule has 4 aromatic rings. The second kappa shape index (κ2) is 7.07. The number of hydrogen-bond donors (Lipinski definition) is 2. The Balaban J connectivity index is 1.62. The van der Waals surface area contributed by atoms with E-state index in [0.29, 0.717) is 17.8 Å². The quantitative estimate of drug-likeness (QED) is 0.532. The van der Waals surface area contributed by atoms with Gasteiger partial charge in [-0.2, -0.15) is 5.10 Å². The molecule has 8 heteroatoms. The molecule has 0 bridgehead atoms. The highest BCUT2D eigenvalue weighted by Gasteiger charge is 2.36. The van der Waals surface area contributed by atoms with Crippen LogP contribution in [-0.2, 0) is 18.4 Å².